The third-order valence-corrected chi connectivity index (χ3v) is 5.49. The van der Waals surface area contributed by atoms with Gasteiger partial charge >= 0.3 is 0 Å². The van der Waals surface area contributed by atoms with Crippen LogP contribution in [0.2, 0.25) is 0 Å². The van der Waals surface area contributed by atoms with E-state index >= 15 is 0 Å². The van der Waals surface area contributed by atoms with Gasteiger partial charge in [-0.2, -0.15) is 0 Å². The number of hydrogen-bond acceptors (Lipinski definition) is 4. The van der Waals surface area contributed by atoms with Gasteiger partial charge in [0.15, 0.2) is 0 Å². The molecule has 0 aliphatic carbocycles. The zero-order valence-corrected chi connectivity index (χ0v) is 19.1. The third-order valence-electron chi connectivity index (χ3n) is 5.49. The highest BCUT2D eigenvalue weighted by atomic mass is 16.5. The van der Waals surface area contributed by atoms with Crippen molar-refractivity contribution in [1.82, 2.24) is 14.5 Å². The standard InChI is InChI=1S/C25H34N4O2/c1-5-28(19(3)4)18-20-12-14-21(15-13-20)24(30)27-25-26-22-10-7-8-11-23(22)29(25)16-9-17-31-6-2/h7-8,10-15,19H,5-6,9,16-18H2,1-4H3,(H,26,27,30). The highest BCUT2D eigenvalue weighted by Crippen LogP contribution is 2.21. The van der Waals surface area contributed by atoms with Gasteiger partial charge in [0.05, 0.1) is 11.0 Å². The molecule has 1 amide bonds. The fourth-order valence-electron chi connectivity index (χ4n) is 3.70. The van der Waals surface area contributed by atoms with Crippen molar-refractivity contribution in [3.8, 4) is 0 Å². The molecule has 0 spiro atoms. The molecule has 3 aromatic rings. The second kappa shape index (κ2) is 11.1. The maximum Gasteiger partial charge on any atom is 0.257 e. The van der Waals surface area contributed by atoms with Crippen molar-refractivity contribution in [3.05, 3.63) is 59.7 Å². The monoisotopic (exact) mass is 422 g/mol. The number of benzene rings is 2. The van der Waals surface area contributed by atoms with Crippen LogP contribution in [0.15, 0.2) is 48.5 Å². The molecule has 1 heterocycles. The lowest BCUT2D eigenvalue weighted by atomic mass is 10.1. The lowest BCUT2D eigenvalue weighted by Crippen LogP contribution is -2.29. The van der Waals surface area contributed by atoms with Crippen LogP contribution in [-0.4, -0.2) is 46.2 Å². The van der Waals surface area contributed by atoms with E-state index in [4.69, 9.17) is 4.74 Å². The smallest absolute Gasteiger partial charge is 0.257 e. The number of aryl methyl sites for hydroxylation is 1. The highest BCUT2D eigenvalue weighted by Gasteiger charge is 2.15. The molecule has 1 aromatic heterocycles. The van der Waals surface area contributed by atoms with Crippen LogP contribution in [0.4, 0.5) is 5.95 Å². The average Bonchev–Trinajstić information content (AvgIpc) is 3.12. The number of para-hydroxylation sites is 2. The molecule has 0 saturated heterocycles. The first-order valence-electron chi connectivity index (χ1n) is 11.2. The van der Waals surface area contributed by atoms with Gasteiger partial charge in [0.25, 0.3) is 5.91 Å². The molecule has 3 rings (SSSR count). The molecule has 0 aliphatic rings. The maximum absolute atomic E-state index is 12.9. The molecule has 0 fully saturated rings. The quantitative estimate of drug-likeness (QED) is 0.445. The average molecular weight is 423 g/mol. The molecule has 1 N–H and O–H groups in total. The van der Waals surface area contributed by atoms with Crippen molar-refractivity contribution < 1.29 is 9.53 Å². The van der Waals surface area contributed by atoms with E-state index in [1.165, 1.54) is 5.56 Å². The number of fused-ring (bicyclic) bond motifs is 1. The molecule has 31 heavy (non-hydrogen) atoms. The van der Waals surface area contributed by atoms with Crippen molar-refractivity contribution in [2.75, 3.05) is 25.1 Å². The van der Waals surface area contributed by atoms with Crippen molar-refractivity contribution >= 4 is 22.9 Å². The number of ether oxygens (including phenoxy) is 1. The fraction of sp³-hybridized carbons (Fsp3) is 0.440. The van der Waals surface area contributed by atoms with Crippen LogP contribution in [0.25, 0.3) is 11.0 Å². The number of rotatable bonds is 11. The number of imidazole rings is 1. The van der Waals surface area contributed by atoms with Gasteiger partial charge < -0.3 is 9.30 Å². The largest absolute Gasteiger partial charge is 0.382 e. The summed E-state index contributed by atoms with van der Waals surface area (Å²) in [5, 5.41) is 3.01. The first-order valence-corrected chi connectivity index (χ1v) is 11.2. The Kier molecular flexibility index (Phi) is 8.20. The third kappa shape index (κ3) is 5.93. The molecule has 6 nitrogen and oxygen atoms in total. The number of anilines is 1. The van der Waals surface area contributed by atoms with Crippen LogP contribution in [0.5, 0.6) is 0 Å². The van der Waals surface area contributed by atoms with E-state index in [0.29, 0.717) is 30.8 Å². The van der Waals surface area contributed by atoms with E-state index in [2.05, 4.69) is 40.5 Å². The lowest BCUT2D eigenvalue weighted by Gasteiger charge is -2.24. The molecule has 0 unspecified atom stereocenters. The van der Waals surface area contributed by atoms with Crippen LogP contribution in [0, 0.1) is 0 Å². The van der Waals surface area contributed by atoms with Gasteiger partial charge in [-0.1, -0.05) is 31.2 Å². The number of carbonyl (C=O) groups is 1. The minimum Gasteiger partial charge on any atom is -0.382 e. The Morgan fingerprint density at radius 2 is 1.87 bits per heavy atom. The van der Waals surface area contributed by atoms with E-state index in [-0.39, 0.29) is 5.91 Å². The van der Waals surface area contributed by atoms with Crippen molar-refractivity contribution in [1.29, 1.82) is 0 Å². The molecule has 2 aromatic carbocycles. The summed E-state index contributed by atoms with van der Waals surface area (Å²) in [6, 6.07) is 16.3. The Labute approximate surface area is 185 Å². The van der Waals surface area contributed by atoms with Crippen LogP contribution >= 0.6 is 0 Å². The van der Waals surface area contributed by atoms with Crippen molar-refractivity contribution in [2.45, 2.75) is 53.2 Å². The van der Waals surface area contributed by atoms with Crippen LogP contribution < -0.4 is 5.32 Å². The van der Waals surface area contributed by atoms with E-state index in [1.807, 2.05) is 55.5 Å². The van der Waals surface area contributed by atoms with Crippen molar-refractivity contribution in [3.63, 3.8) is 0 Å². The summed E-state index contributed by atoms with van der Waals surface area (Å²) in [5.74, 6) is 0.424. The van der Waals surface area contributed by atoms with E-state index in [1.54, 1.807) is 0 Å². The molecule has 0 radical (unpaired) electrons. The Balaban J connectivity index is 1.73. The number of nitrogens with one attached hydrogen (secondary N) is 1. The molecule has 0 bridgehead atoms. The first kappa shape index (κ1) is 23.0. The topological polar surface area (TPSA) is 59.4 Å². The molecule has 0 aliphatic heterocycles. The predicted octanol–water partition coefficient (Wildman–Crippen LogP) is 4.95. The van der Waals surface area contributed by atoms with Gasteiger partial charge in [-0.3, -0.25) is 15.0 Å². The summed E-state index contributed by atoms with van der Waals surface area (Å²) in [6.07, 6.45) is 0.857. The number of amides is 1. The van der Waals surface area contributed by atoms with Crippen molar-refractivity contribution in [2.24, 2.45) is 0 Å². The Morgan fingerprint density at radius 1 is 1.13 bits per heavy atom. The molecule has 0 atom stereocenters. The van der Waals surface area contributed by atoms with Gasteiger partial charge in [0, 0.05) is 37.9 Å². The zero-order valence-electron chi connectivity index (χ0n) is 19.1. The molecular formula is C25H34N4O2. The zero-order chi connectivity index (χ0) is 22.2. The summed E-state index contributed by atoms with van der Waals surface area (Å²) in [5.41, 5.74) is 3.72. The molecule has 6 heteroatoms. The summed E-state index contributed by atoms with van der Waals surface area (Å²) in [6.45, 7) is 12.6. The fourth-order valence-corrected chi connectivity index (χ4v) is 3.70. The van der Waals surface area contributed by atoms with Gasteiger partial charge in [-0.25, -0.2) is 4.98 Å². The number of hydrogen-bond donors (Lipinski definition) is 1. The summed E-state index contributed by atoms with van der Waals surface area (Å²) in [7, 11) is 0. The Hall–Kier alpha value is -2.70. The molecule has 166 valence electrons. The van der Waals surface area contributed by atoms with E-state index in [0.717, 1.165) is 37.1 Å². The molecular weight excluding hydrogens is 388 g/mol. The number of carbonyl (C=O) groups excluding carboxylic acids is 1. The SMILES string of the molecule is CCOCCCn1c(NC(=O)c2ccc(CN(CC)C(C)C)cc2)nc2ccccc21. The van der Waals surface area contributed by atoms with E-state index in [9.17, 15) is 4.79 Å². The highest BCUT2D eigenvalue weighted by molar-refractivity contribution is 6.04. The van der Waals surface area contributed by atoms with Gasteiger partial charge in [0.2, 0.25) is 5.95 Å². The minimum absolute atomic E-state index is 0.149. The maximum atomic E-state index is 12.9. The Morgan fingerprint density at radius 3 is 2.55 bits per heavy atom. The van der Waals surface area contributed by atoms with Gasteiger partial charge in [-0.05, 0) is 63.6 Å². The predicted molar refractivity (Wildman–Crippen MR) is 126 cm³/mol. The van der Waals surface area contributed by atoms with Gasteiger partial charge in [-0.15, -0.1) is 0 Å². The lowest BCUT2D eigenvalue weighted by molar-refractivity contribution is 0.102. The first-order chi connectivity index (χ1) is 15.0. The second-order valence-electron chi connectivity index (χ2n) is 7.93. The summed E-state index contributed by atoms with van der Waals surface area (Å²) >= 11 is 0. The van der Waals surface area contributed by atoms with Gasteiger partial charge in [0.1, 0.15) is 0 Å². The van der Waals surface area contributed by atoms with Crippen LogP contribution in [0.1, 0.15) is 50.0 Å². The van der Waals surface area contributed by atoms with Crippen LogP contribution in [0.3, 0.4) is 0 Å². The van der Waals surface area contributed by atoms with E-state index < -0.39 is 0 Å². The second-order valence-corrected chi connectivity index (χ2v) is 7.93. The molecule has 0 saturated carbocycles. The number of nitrogens with zero attached hydrogens (tertiary/aromatic N) is 3. The Bertz CT molecular complexity index is 979. The normalized spacial score (nSPS) is 11.5. The van der Waals surface area contributed by atoms with Crippen LogP contribution in [-0.2, 0) is 17.8 Å². The summed E-state index contributed by atoms with van der Waals surface area (Å²) < 4.78 is 7.53. The summed E-state index contributed by atoms with van der Waals surface area (Å²) in [4.78, 5) is 20.0. The minimum atomic E-state index is -0.149. The number of aromatic nitrogens is 2.